The van der Waals surface area contributed by atoms with Crippen molar-refractivity contribution < 1.29 is 19.2 Å². The number of hydroxylamine groups is 2. The zero-order chi connectivity index (χ0) is 18.5. The number of ether oxygens (including phenoxy) is 1. The van der Waals surface area contributed by atoms with Crippen molar-refractivity contribution in [3.8, 4) is 0 Å². The van der Waals surface area contributed by atoms with Gasteiger partial charge in [0.25, 0.3) is 0 Å². The fourth-order valence-electron chi connectivity index (χ4n) is 5.26. The largest absolute Gasteiger partial charge is 0.436 e. The number of carbonyl (C=O) groups excluding carboxylic acids is 2. The molecule has 5 heteroatoms. The molecule has 1 unspecified atom stereocenters. The van der Waals surface area contributed by atoms with Crippen LogP contribution in [0, 0.1) is 0 Å². The maximum atomic E-state index is 12.5. The van der Waals surface area contributed by atoms with E-state index in [-0.39, 0.29) is 0 Å². The van der Waals surface area contributed by atoms with Gasteiger partial charge in [-0.25, -0.2) is 9.59 Å². The van der Waals surface area contributed by atoms with E-state index in [0.717, 1.165) is 48.8 Å². The SMILES string of the molecule is O=C1ON2CCc3ccccc3C2(C2(c3ccccc3)CCCC2)OC1=O. The third-order valence-corrected chi connectivity index (χ3v) is 6.35. The fraction of sp³-hybridized carbons (Fsp3) is 0.364. The highest BCUT2D eigenvalue weighted by molar-refractivity contribution is 6.30. The van der Waals surface area contributed by atoms with Crippen LogP contribution in [0.2, 0.25) is 0 Å². The summed E-state index contributed by atoms with van der Waals surface area (Å²) >= 11 is 0. The molecule has 5 rings (SSSR count). The Kier molecular flexibility index (Phi) is 3.62. The molecule has 3 aliphatic rings. The van der Waals surface area contributed by atoms with Gasteiger partial charge in [0, 0.05) is 12.1 Å². The maximum Gasteiger partial charge on any atom is 0.436 e. The smallest absolute Gasteiger partial charge is 0.427 e. The number of fused-ring (bicyclic) bond motifs is 3. The van der Waals surface area contributed by atoms with E-state index >= 15 is 0 Å². The third kappa shape index (κ3) is 2.15. The summed E-state index contributed by atoms with van der Waals surface area (Å²) in [5.41, 5.74) is 1.62. The average Bonchev–Trinajstić information content (AvgIpc) is 3.21. The number of benzene rings is 2. The average molecular weight is 363 g/mol. The van der Waals surface area contributed by atoms with Gasteiger partial charge >= 0.3 is 11.9 Å². The molecule has 0 spiro atoms. The van der Waals surface area contributed by atoms with Crippen LogP contribution in [0.15, 0.2) is 54.6 Å². The lowest BCUT2D eigenvalue weighted by Crippen LogP contribution is -2.67. The van der Waals surface area contributed by atoms with Crippen molar-refractivity contribution in [1.29, 1.82) is 0 Å². The Morgan fingerprint density at radius 3 is 2.33 bits per heavy atom. The molecule has 0 N–H and O–H groups in total. The molecular weight excluding hydrogens is 342 g/mol. The molecule has 2 aliphatic heterocycles. The van der Waals surface area contributed by atoms with Crippen molar-refractivity contribution >= 4 is 11.9 Å². The standard InChI is InChI=1S/C22H21NO4/c24-19-20(25)27-23-15-12-16-8-4-5-11-18(16)22(23,26-19)21(13-6-7-14-21)17-9-2-1-3-10-17/h1-5,8-11H,6-7,12-15H2. The van der Waals surface area contributed by atoms with Crippen LogP contribution >= 0.6 is 0 Å². The van der Waals surface area contributed by atoms with Gasteiger partial charge in [0.1, 0.15) is 0 Å². The second-order valence-corrected chi connectivity index (χ2v) is 7.58. The van der Waals surface area contributed by atoms with Crippen LogP contribution in [-0.4, -0.2) is 23.5 Å². The normalized spacial score (nSPS) is 26.7. The molecule has 2 aromatic carbocycles. The van der Waals surface area contributed by atoms with Crippen LogP contribution in [0.4, 0.5) is 0 Å². The molecule has 1 atom stereocenters. The molecule has 2 fully saturated rings. The van der Waals surface area contributed by atoms with Crippen molar-refractivity contribution in [2.24, 2.45) is 0 Å². The minimum atomic E-state index is -1.12. The Balaban J connectivity index is 1.81. The van der Waals surface area contributed by atoms with Crippen LogP contribution in [0.1, 0.15) is 42.4 Å². The highest BCUT2D eigenvalue weighted by Crippen LogP contribution is 2.59. The summed E-state index contributed by atoms with van der Waals surface area (Å²) in [6, 6.07) is 18.3. The molecule has 0 radical (unpaired) electrons. The van der Waals surface area contributed by atoms with Crippen molar-refractivity contribution in [2.75, 3.05) is 6.54 Å². The van der Waals surface area contributed by atoms with Crippen LogP contribution in [-0.2, 0) is 36.7 Å². The Bertz CT molecular complexity index is 904. The first kappa shape index (κ1) is 16.5. The summed E-state index contributed by atoms with van der Waals surface area (Å²) in [5, 5.41) is 1.64. The van der Waals surface area contributed by atoms with Crippen molar-refractivity contribution in [3.63, 3.8) is 0 Å². The Hall–Kier alpha value is -2.66. The molecule has 1 saturated heterocycles. The topological polar surface area (TPSA) is 55.8 Å². The molecular formula is C22H21NO4. The van der Waals surface area contributed by atoms with Gasteiger partial charge in [-0.1, -0.05) is 72.5 Å². The number of esters is 1. The number of rotatable bonds is 2. The molecule has 0 bridgehead atoms. The molecule has 1 saturated carbocycles. The van der Waals surface area contributed by atoms with Crippen molar-refractivity contribution in [2.45, 2.75) is 43.2 Å². The van der Waals surface area contributed by atoms with Crippen LogP contribution in [0.3, 0.4) is 0 Å². The molecule has 5 nitrogen and oxygen atoms in total. The van der Waals surface area contributed by atoms with E-state index in [9.17, 15) is 9.59 Å². The van der Waals surface area contributed by atoms with Gasteiger partial charge in [-0.3, -0.25) is 0 Å². The van der Waals surface area contributed by atoms with Crippen molar-refractivity contribution in [3.05, 3.63) is 71.3 Å². The zero-order valence-corrected chi connectivity index (χ0v) is 15.0. The Morgan fingerprint density at radius 2 is 1.56 bits per heavy atom. The highest BCUT2D eigenvalue weighted by atomic mass is 16.8. The summed E-state index contributed by atoms with van der Waals surface area (Å²) in [6.07, 6.45) is 4.56. The van der Waals surface area contributed by atoms with E-state index in [2.05, 4.69) is 18.2 Å². The van der Waals surface area contributed by atoms with Gasteiger partial charge in [0.05, 0.1) is 5.41 Å². The van der Waals surface area contributed by atoms with Crippen LogP contribution in [0.5, 0.6) is 0 Å². The number of hydrogen-bond acceptors (Lipinski definition) is 5. The second kappa shape index (κ2) is 5.92. The van der Waals surface area contributed by atoms with Gasteiger partial charge in [-0.05, 0) is 30.4 Å². The molecule has 2 aromatic rings. The predicted octanol–water partition coefficient (Wildman–Crippen LogP) is 3.22. The zero-order valence-electron chi connectivity index (χ0n) is 15.0. The predicted molar refractivity (Wildman–Crippen MR) is 97.3 cm³/mol. The third-order valence-electron chi connectivity index (χ3n) is 6.35. The molecule has 27 heavy (non-hydrogen) atoms. The minimum Gasteiger partial charge on any atom is -0.427 e. The van der Waals surface area contributed by atoms with E-state index in [1.54, 1.807) is 5.06 Å². The lowest BCUT2D eigenvalue weighted by molar-refractivity contribution is -0.339. The second-order valence-electron chi connectivity index (χ2n) is 7.58. The first-order chi connectivity index (χ1) is 13.2. The minimum absolute atomic E-state index is 0.457. The molecule has 0 amide bonds. The number of hydrogen-bond donors (Lipinski definition) is 0. The van der Waals surface area contributed by atoms with Gasteiger partial charge in [-0.2, -0.15) is 0 Å². The van der Waals surface area contributed by atoms with E-state index in [1.807, 2.05) is 36.4 Å². The van der Waals surface area contributed by atoms with Crippen LogP contribution in [0.25, 0.3) is 0 Å². The highest BCUT2D eigenvalue weighted by Gasteiger charge is 2.66. The maximum absolute atomic E-state index is 12.5. The molecule has 2 heterocycles. The summed E-state index contributed by atoms with van der Waals surface area (Å²) in [7, 11) is 0. The lowest BCUT2D eigenvalue weighted by Gasteiger charge is -2.56. The van der Waals surface area contributed by atoms with Gasteiger partial charge in [0.15, 0.2) is 0 Å². The monoisotopic (exact) mass is 363 g/mol. The lowest BCUT2D eigenvalue weighted by atomic mass is 9.65. The van der Waals surface area contributed by atoms with Gasteiger partial charge in [0.2, 0.25) is 5.72 Å². The molecule has 1 aliphatic carbocycles. The van der Waals surface area contributed by atoms with Crippen LogP contribution < -0.4 is 0 Å². The van der Waals surface area contributed by atoms with E-state index < -0.39 is 23.1 Å². The summed E-state index contributed by atoms with van der Waals surface area (Å²) in [4.78, 5) is 30.0. The first-order valence-corrected chi connectivity index (χ1v) is 9.54. The first-order valence-electron chi connectivity index (χ1n) is 9.54. The van der Waals surface area contributed by atoms with E-state index in [1.165, 1.54) is 0 Å². The van der Waals surface area contributed by atoms with E-state index in [0.29, 0.717) is 6.54 Å². The number of nitrogens with zero attached hydrogens (tertiary/aromatic N) is 1. The fourth-order valence-corrected chi connectivity index (χ4v) is 5.26. The van der Waals surface area contributed by atoms with E-state index in [4.69, 9.17) is 9.57 Å². The summed E-state index contributed by atoms with van der Waals surface area (Å²) < 4.78 is 6.07. The quantitative estimate of drug-likeness (QED) is 0.606. The van der Waals surface area contributed by atoms with Gasteiger partial charge < -0.3 is 9.57 Å². The van der Waals surface area contributed by atoms with Gasteiger partial charge in [-0.15, -0.1) is 0 Å². The Morgan fingerprint density at radius 1 is 0.852 bits per heavy atom. The number of carbonyl (C=O) groups is 2. The molecule has 0 aromatic heterocycles. The summed E-state index contributed by atoms with van der Waals surface area (Å²) in [5.74, 6) is -1.85. The van der Waals surface area contributed by atoms with Crippen molar-refractivity contribution in [1.82, 2.24) is 5.06 Å². The molecule has 138 valence electrons. The Labute approximate surface area is 157 Å². The summed E-state index contributed by atoms with van der Waals surface area (Å²) in [6.45, 7) is 0.505.